The largest absolute Gasteiger partial charge is 0.493 e. The number of nitrogens with one attached hydrogen (secondary N) is 2. The molecule has 1 aliphatic rings. The number of methoxy groups -OCH3 is 2. The lowest BCUT2D eigenvalue weighted by Crippen LogP contribution is -2.14. The quantitative estimate of drug-likeness (QED) is 0.367. The molecule has 0 fully saturated rings. The van der Waals surface area contributed by atoms with Gasteiger partial charge in [-0.1, -0.05) is 13.0 Å². The normalized spacial score (nSPS) is 14.3. The highest BCUT2D eigenvalue weighted by molar-refractivity contribution is 8.00. The number of fused-ring (bicyclic) bond motifs is 1. The molecular formula is C27H27N3O4S2. The number of rotatable bonds is 8. The summed E-state index contributed by atoms with van der Waals surface area (Å²) in [6, 6.07) is 14.6. The fraction of sp³-hybridized carbons (Fsp3) is 0.296. The Labute approximate surface area is 218 Å². The summed E-state index contributed by atoms with van der Waals surface area (Å²) in [6.07, 6.45) is 2.92. The van der Waals surface area contributed by atoms with Crippen molar-refractivity contribution in [1.82, 2.24) is 0 Å². The van der Waals surface area contributed by atoms with E-state index >= 15 is 0 Å². The zero-order valence-electron chi connectivity index (χ0n) is 20.3. The van der Waals surface area contributed by atoms with E-state index in [0.717, 1.165) is 29.7 Å². The van der Waals surface area contributed by atoms with Crippen LogP contribution in [0.2, 0.25) is 0 Å². The molecule has 1 unspecified atom stereocenters. The van der Waals surface area contributed by atoms with Crippen molar-refractivity contribution in [3.8, 4) is 17.6 Å². The third-order valence-corrected chi connectivity index (χ3v) is 8.15. The van der Waals surface area contributed by atoms with E-state index in [4.69, 9.17) is 9.47 Å². The lowest BCUT2D eigenvalue weighted by molar-refractivity contribution is -0.113. The molecule has 1 aliphatic carbocycles. The second-order valence-electron chi connectivity index (χ2n) is 8.56. The Balaban J connectivity index is 1.37. The standard InChI is InChI=1S/C27H27N3O4S2/c1-16-7-9-20-21(14-28)27(36-24(20)11-16)30-25(31)15-35-19-6-4-5-18(13-19)29-26(32)17-8-10-22(33-2)23(12-17)34-3/h4-6,8,10,12-13,16H,7,9,11,15H2,1-3H3,(H,29,32)(H,30,31). The maximum atomic E-state index is 12.7. The van der Waals surface area contributed by atoms with Gasteiger partial charge in [0.2, 0.25) is 5.91 Å². The molecule has 2 amide bonds. The van der Waals surface area contributed by atoms with E-state index in [-0.39, 0.29) is 17.6 Å². The maximum Gasteiger partial charge on any atom is 0.255 e. The molecule has 0 spiro atoms. The molecule has 9 heteroatoms. The molecule has 2 N–H and O–H groups in total. The van der Waals surface area contributed by atoms with Crippen LogP contribution in [0.15, 0.2) is 47.4 Å². The van der Waals surface area contributed by atoms with E-state index < -0.39 is 0 Å². The van der Waals surface area contributed by atoms with Gasteiger partial charge in [0.25, 0.3) is 5.91 Å². The number of carbonyl (C=O) groups excluding carboxylic acids is 2. The molecule has 0 radical (unpaired) electrons. The van der Waals surface area contributed by atoms with Crippen molar-refractivity contribution in [2.45, 2.75) is 31.1 Å². The monoisotopic (exact) mass is 521 g/mol. The highest BCUT2D eigenvalue weighted by Gasteiger charge is 2.24. The topological polar surface area (TPSA) is 100 Å². The highest BCUT2D eigenvalue weighted by Crippen LogP contribution is 2.39. The minimum atomic E-state index is -0.282. The van der Waals surface area contributed by atoms with Crippen molar-refractivity contribution in [1.29, 1.82) is 5.26 Å². The molecule has 1 heterocycles. The van der Waals surface area contributed by atoms with Gasteiger partial charge in [-0.25, -0.2) is 0 Å². The number of thiophene rings is 1. The first kappa shape index (κ1) is 25.6. The number of benzene rings is 2. The van der Waals surface area contributed by atoms with Crippen LogP contribution in [0.4, 0.5) is 10.7 Å². The van der Waals surface area contributed by atoms with Crippen molar-refractivity contribution < 1.29 is 19.1 Å². The molecule has 0 saturated carbocycles. The van der Waals surface area contributed by atoms with Crippen LogP contribution in [0.25, 0.3) is 0 Å². The van der Waals surface area contributed by atoms with Crippen molar-refractivity contribution in [3.05, 3.63) is 64.0 Å². The molecule has 0 saturated heterocycles. The van der Waals surface area contributed by atoms with E-state index in [9.17, 15) is 14.9 Å². The maximum absolute atomic E-state index is 12.7. The Bertz CT molecular complexity index is 1330. The number of amides is 2. The lowest BCUT2D eigenvalue weighted by atomic mass is 9.89. The second-order valence-corrected chi connectivity index (χ2v) is 10.7. The summed E-state index contributed by atoms with van der Waals surface area (Å²) in [5.74, 6) is 1.36. The van der Waals surface area contributed by atoms with Crippen LogP contribution in [0, 0.1) is 17.2 Å². The van der Waals surface area contributed by atoms with Crippen LogP contribution in [0.1, 0.15) is 39.7 Å². The van der Waals surface area contributed by atoms with Crippen LogP contribution in [0.5, 0.6) is 11.5 Å². The first-order valence-corrected chi connectivity index (χ1v) is 13.3. The van der Waals surface area contributed by atoms with Gasteiger partial charge in [0.1, 0.15) is 11.1 Å². The van der Waals surface area contributed by atoms with Crippen LogP contribution < -0.4 is 20.1 Å². The molecule has 3 aromatic rings. The van der Waals surface area contributed by atoms with Gasteiger partial charge in [0.15, 0.2) is 11.5 Å². The van der Waals surface area contributed by atoms with Crippen LogP contribution in [-0.4, -0.2) is 31.8 Å². The Morgan fingerprint density at radius 1 is 1.14 bits per heavy atom. The summed E-state index contributed by atoms with van der Waals surface area (Å²) in [5.41, 5.74) is 2.76. The fourth-order valence-electron chi connectivity index (χ4n) is 4.11. The SMILES string of the molecule is COc1ccc(C(=O)Nc2cccc(SCC(=O)Nc3sc4c(c3C#N)CCC(C)C4)c2)cc1OC. The Morgan fingerprint density at radius 3 is 2.69 bits per heavy atom. The number of hydrogen-bond acceptors (Lipinski definition) is 7. The van der Waals surface area contributed by atoms with Gasteiger partial charge >= 0.3 is 0 Å². The minimum absolute atomic E-state index is 0.164. The summed E-state index contributed by atoms with van der Waals surface area (Å²) in [7, 11) is 3.06. The van der Waals surface area contributed by atoms with Gasteiger partial charge in [-0.15, -0.1) is 23.1 Å². The predicted octanol–water partition coefficient (Wildman–Crippen LogP) is 5.74. The number of nitrogens with zero attached hydrogens (tertiary/aromatic N) is 1. The molecule has 1 atom stereocenters. The molecule has 0 aliphatic heterocycles. The van der Waals surface area contributed by atoms with E-state index in [2.05, 4.69) is 23.6 Å². The van der Waals surface area contributed by atoms with Crippen LogP contribution in [-0.2, 0) is 17.6 Å². The molecule has 186 valence electrons. The number of ether oxygens (including phenoxy) is 2. The molecule has 4 rings (SSSR count). The molecular weight excluding hydrogens is 494 g/mol. The van der Waals surface area contributed by atoms with Gasteiger partial charge in [-0.2, -0.15) is 5.26 Å². The van der Waals surface area contributed by atoms with Crippen LogP contribution >= 0.6 is 23.1 Å². The number of anilines is 2. The molecule has 36 heavy (non-hydrogen) atoms. The van der Waals surface area contributed by atoms with Gasteiger partial charge in [0, 0.05) is 21.0 Å². The molecule has 0 bridgehead atoms. The van der Waals surface area contributed by atoms with Crippen LogP contribution in [0.3, 0.4) is 0 Å². The predicted molar refractivity (Wildman–Crippen MR) is 144 cm³/mol. The summed E-state index contributed by atoms with van der Waals surface area (Å²) in [4.78, 5) is 27.4. The second kappa shape index (κ2) is 11.5. The van der Waals surface area contributed by atoms with E-state index in [0.29, 0.717) is 39.2 Å². The molecule has 1 aromatic heterocycles. The molecule has 7 nitrogen and oxygen atoms in total. The number of thioether (sulfide) groups is 1. The van der Waals surface area contributed by atoms with Crippen molar-refractivity contribution in [2.75, 3.05) is 30.6 Å². The summed E-state index contributed by atoms with van der Waals surface area (Å²) >= 11 is 2.89. The van der Waals surface area contributed by atoms with Crippen molar-refractivity contribution in [2.24, 2.45) is 5.92 Å². The van der Waals surface area contributed by atoms with E-state index in [1.165, 1.54) is 42.2 Å². The zero-order chi connectivity index (χ0) is 25.7. The highest BCUT2D eigenvalue weighted by atomic mass is 32.2. The Morgan fingerprint density at radius 2 is 1.94 bits per heavy atom. The first-order valence-electron chi connectivity index (χ1n) is 11.5. The first-order chi connectivity index (χ1) is 17.4. The zero-order valence-corrected chi connectivity index (χ0v) is 22.0. The van der Waals surface area contributed by atoms with E-state index in [1.807, 2.05) is 18.2 Å². The molecule has 2 aromatic carbocycles. The summed E-state index contributed by atoms with van der Waals surface area (Å²) < 4.78 is 10.5. The smallest absolute Gasteiger partial charge is 0.255 e. The summed E-state index contributed by atoms with van der Waals surface area (Å²) in [5, 5.41) is 16.1. The average Bonchev–Trinajstić information content (AvgIpc) is 3.22. The lowest BCUT2D eigenvalue weighted by Gasteiger charge is -2.17. The van der Waals surface area contributed by atoms with Gasteiger partial charge < -0.3 is 20.1 Å². The number of hydrogen-bond donors (Lipinski definition) is 2. The Hall–Kier alpha value is -3.48. The minimum Gasteiger partial charge on any atom is -0.493 e. The van der Waals surface area contributed by atoms with Gasteiger partial charge in [0.05, 0.1) is 25.5 Å². The average molecular weight is 522 g/mol. The van der Waals surface area contributed by atoms with Gasteiger partial charge in [-0.05, 0) is 67.1 Å². The number of carbonyl (C=O) groups is 2. The third-order valence-electron chi connectivity index (χ3n) is 5.98. The van der Waals surface area contributed by atoms with Crippen molar-refractivity contribution in [3.63, 3.8) is 0 Å². The Kier molecular flexibility index (Phi) is 8.18. The van der Waals surface area contributed by atoms with Gasteiger partial charge in [-0.3, -0.25) is 9.59 Å². The number of nitriles is 1. The van der Waals surface area contributed by atoms with Crippen molar-refractivity contribution >= 4 is 45.6 Å². The summed E-state index contributed by atoms with van der Waals surface area (Å²) in [6.45, 7) is 2.22. The fourth-order valence-corrected chi connectivity index (χ4v) is 6.25. The third kappa shape index (κ3) is 5.83. The van der Waals surface area contributed by atoms with E-state index in [1.54, 1.807) is 24.3 Å².